The molecule has 1 saturated heterocycles. The van der Waals surface area contributed by atoms with Gasteiger partial charge in [0.2, 0.25) is 0 Å². The molecule has 1 fully saturated rings. The minimum atomic E-state index is 0.182. The fourth-order valence-corrected chi connectivity index (χ4v) is 2.19. The highest BCUT2D eigenvalue weighted by Gasteiger charge is 2.25. The second-order valence-corrected chi connectivity index (χ2v) is 4.68. The van der Waals surface area contributed by atoms with E-state index in [1.807, 2.05) is 6.07 Å². The van der Waals surface area contributed by atoms with Crippen LogP contribution in [0.4, 0.5) is 0 Å². The summed E-state index contributed by atoms with van der Waals surface area (Å²) in [5, 5.41) is 0. The van der Waals surface area contributed by atoms with Crippen LogP contribution in [0.5, 0.6) is 0 Å². The predicted molar refractivity (Wildman–Crippen MR) is 66.8 cm³/mol. The van der Waals surface area contributed by atoms with Crippen molar-refractivity contribution in [2.75, 3.05) is 19.0 Å². The lowest BCUT2D eigenvalue weighted by Crippen LogP contribution is -2.48. The number of rotatable bonds is 3. The SMILES string of the molecule is C[C@@H]1CO[C@H](CCl)CN1Cc1ccccc1. The Bertz CT molecular complexity index is 317. The van der Waals surface area contributed by atoms with Gasteiger partial charge in [-0.05, 0) is 12.5 Å². The summed E-state index contributed by atoms with van der Waals surface area (Å²) < 4.78 is 5.63. The molecule has 0 saturated carbocycles. The van der Waals surface area contributed by atoms with Crippen LogP contribution in [0, 0.1) is 0 Å². The Hall–Kier alpha value is -0.570. The normalized spacial score (nSPS) is 26.9. The number of hydrogen-bond donors (Lipinski definition) is 0. The van der Waals surface area contributed by atoms with Crippen LogP contribution >= 0.6 is 11.6 Å². The fraction of sp³-hybridized carbons (Fsp3) is 0.538. The van der Waals surface area contributed by atoms with Crippen LogP contribution in [0.3, 0.4) is 0 Å². The summed E-state index contributed by atoms with van der Waals surface area (Å²) in [6.45, 7) is 4.90. The summed E-state index contributed by atoms with van der Waals surface area (Å²) in [5.74, 6) is 0.581. The minimum absolute atomic E-state index is 0.182. The molecule has 1 aliphatic rings. The van der Waals surface area contributed by atoms with Crippen molar-refractivity contribution in [2.24, 2.45) is 0 Å². The van der Waals surface area contributed by atoms with Gasteiger partial charge in [-0.2, -0.15) is 0 Å². The summed E-state index contributed by atoms with van der Waals surface area (Å²) in [4.78, 5) is 2.44. The van der Waals surface area contributed by atoms with Gasteiger partial charge in [-0.3, -0.25) is 4.90 Å². The third-order valence-electron chi connectivity index (χ3n) is 3.04. The van der Waals surface area contributed by atoms with Crippen LogP contribution < -0.4 is 0 Å². The molecule has 88 valence electrons. The van der Waals surface area contributed by atoms with Crippen molar-refractivity contribution in [3.05, 3.63) is 35.9 Å². The van der Waals surface area contributed by atoms with Gasteiger partial charge in [-0.15, -0.1) is 11.6 Å². The molecule has 0 spiro atoms. The molecule has 1 aliphatic heterocycles. The summed E-state index contributed by atoms with van der Waals surface area (Å²) >= 11 is 5.84. The van der Waals surface area contributed by atoms with E-state index in [1.165, 1.54) is 5.56 Å². The predicted octanol–water partition coefficient (Wildman–Crippen LogP) is 2.51. The van der Waals surface area contributed by atoms with Gasteiger partial charge in [-0.1, -0.05) is 30.3 Å². The molecule has 0 bridgehead atoms. The van der Waals surface area contributed by atoms with E-state index in [0.717, 1.165) is 19.7 Å². The van der Waals surface area contributed by atoms with Crippen LogP contribution in [0.15, 0.2) is 30.3 Å². The first kappa shape index (κ1) is 11.9. The van der Waals surface area contributed by atoms with E-state index in [0.29, 0.717) is 11.9 Å². The Morgan fingerprint density at radius 1 is 1.38 bits per heavy atom. The van der Waals surface area contributed by atoms with E-state index < -0.39 is 0 Å². The topological polar surface area (TPSA) is 12.5 Å². The molecule has 0 N–H and O–H groups in total. The molecular weight excluding hydrogens is 222 g/mol. The highest BCUT2D eigenvalue weighted by atomic mass is 35.5. The Kier molecular flexibility index (Phi) is 4.22. The minimum Gasteiger partial charge on any atom is -0.374 e. The molecule has 0 radical (unpaired) electrons. The Labute approximate surface area is 102 Å². The number of nitrogens with zero attached hydrogens (tertiary/aromatic N) is 1. The molecular formula is C13H18ClNO. The van der Waals surface area contributed by atoms with Gasteiger partial charge in [0, 0.05) is 25.0 Å². The maximum atomic E-state index is 5.84. The first-order chi connectivity index (χ1) is 7.79. The molecule has 0 unspecified atom stereocenters. The maximum Gasteiger partial charge on any atom is 0.0838 e. The van der Waals surface area contributed by atoms with E-state index in [9.17, 15) is 0 Å². The highest BCUT2D eigenvalue weighted by Crippen LogP contribution is 2.16. The monoisotopic (exact) mass is 239 g/mol. The largest absolute Gasteiger partial charge is 0.374 e. The van der Waals surface area contributed by atoms with Crippen molar-refractivity contribution in [1.29, 1.82) is 0 Å². The number of halogens is 1. The Balaban J connectivity index is 1.97. The highest BCUT2D eigenvalue weighted by molar-refractivity contribution is 6.18. The summed E-state index contributed by atoms with van der Waals surface area (Å²) in [6.07, 6.45) is 0.182. The van der Waals surface area contributed by atoms with Crippen molar-refractivity contribution in [2.45, 2.75) is 25.6 Å². The standard InChI is InChI=1S/C13H18ClNO/c1-11-10-16-13(7-14)9-15(11)8-12-5-3-2-4-6-12/h2-6,11,13H,7-10H2,1H3/t11-,13-/m1/s1. The van der Waals surface area contributed by atoms with E-state index in [2.05, 4.69) is 36.1 Å². The molecule has 0 amide bonds. The number of hydrogen-bond acceptors (Lipinski definition) is 2. The van der Waals surface area contributed by atoms with E-state index in [-0.39, 0.29) is 6.10 Å². The molecule has 2 rings (SSSR count). The van der Waals surface area contributed by atoms with E-state index in [4.69, 9.17) is 16.3 Å². The molecule has 1 aromatic carbocycles. The van der Waals surface area contributed by atoms with Crippen LogP contribution in [0.25, 0.3) is 0 Å². The number of alkyl halides is 1. The zero-order chi connectivity index (χ0) is 11.4. The van der Waals surface area contributed by atoms with Crippen molar-refractivity contribution in [3.63, 3.8) is 0 Å². The second-order valence-electron chi connectivity index (χ2n) is 4.37. The molecule has 2 atom stereocenters. The maximum absolute atomic E-state index is 5.84. The third-order valence-corrected chi connectivity index (χ3v) is 3.38. The van der Waals surface area contributed by atoms with Gasteiger partial charge in [0.1, 0.15) is 0 Å². The summed E-state index contributed by atoms with van der Waals surface area (Å²) in [7, 11) is 0. The molecule has 2 nitrogen and oxygen atoms in total. The van der Waals surface area contributed by atoms with Gasteiger partial charge < -0.3 is 4.74 Å². The lowest BCUT2D eigenvalue weighted by molar-refractivity contribution is -0.0510. The van der Waals surface area contributed by atoms with Gasteiger partial charge in [0.15, 0.2) is 0 Å². The first-order valence-electron chi connectivity index (χ1n) is 5.75. The van der Waals surface area contributed by atoms with Crippen molar-refractivity contribution < 1.29 is 4.74 Å². The van der Waals surface area contributed by atoms with Crippen LogP contribution in [-0.2, 0) is 11.3 Å². The third kappa shape index (κ3) is 2.97. The molecule has 16 heavy (non-hydrogen) atoms. The van der Waals surface area contributed by atoms with E-state index in [1.54, 1.807) is 0 Å². The average molecular weight is 240 g/mol. The molecule has 0 aromatic heterocycles. The molecule has 1 heterocycles. The number of ether oxygens (including phenoxy) is 1. The van der Waals surface area contributed by atoms with Gasteiger partial charge in [0.25, 0.3) is 0 Å². The average Bonchev–Trinajstić information content (AvgIpc) is 2.33. The quantitative estimate of drug-likeness (QED) is 0.752. The Morgan fingerprint density at radius 3 is 2.81 bits per heavy atom. The number of morpholine rings is 1. The fourth-order valence-electron chi connectivity index (χ4n) is 2.01. The Morgan fingerprint density at radius 2 is 2.12 bits per heavy atom. The van der Waals surface area contributed by atoms with Gasteiger partial charge >= 0.3 is 0 Å². The van der Waals surface area contributed by atoms with Crippen molar-refractivity contribution in [1.82, 2.24) is 4.90 Å². The van der Waals surface area contributed by atoms with Crippen molar-refractivity contribution >= 4 is 11.6 Å². The van der Waals surface area contributed by atoms with E-state index >= 15 is 0 Å². The zero-order valence-corrected chi connectivity index (χ0v) is 10.4. The second kappa shape index (κ2) is 5.67. The molecule has 0 aliphatic carbocycles. The first-order valence-corrected chi connectivity index (χ1v) is 6.28. The van der Waals surface area contributed by atoms with Crippen LogP contribution in [-0.4, -0.2) is 36.1 Å². The lowest BCUT2D eigenvalue weighted by Gasteiger charge is -2.37. The van der Waals surface area contributed by atoms with Crippen LogP contribution in [0.1, 0.15) is 12.5 Å². The number of benzene rings is 1. The molecule has 3 heteroatoms. The van der Waals surface area contributed by atoms with Gasteiger partial charge in [-0.25, -0.2) is 0 Å². The zero-order valence-electron chi connectivity index (χ0n) is 9.60. The smallest absolute Gasteiger partial charge is 0.0838 e. The summed E-state index contributed by atoms with van der Waals surface area (Å²) in [5.41, 5.74) is 1.35. The molecule has 1 aromatic rings. The summed E-state index contributed by atoms with van der Waals surface area (Å²) in [6, 6.07) is 11.0. The van der Waals surface area contributed by atoms with Gasteiger partial charge in [0.05, 0.1) is 12.7 Å². The van der Waals surface area contributed by atoms with Crippen LogP contribution in [0.2, 0.25) is 0 Å². The lowest BCUT2D eigenvalue weighted by atomic mass is 10.1. The van der Waals surface area contributed by atoms with Crippen molar-refractivity contribution in [3.8, 4) is 0 Å².